The van der Waals surface area contributed by atoms with Crippen LogP contribution in [0, 0.1) is 19.7 Å². The first-order valence-corrected chi connectivity index (χ1v) is 9.80. The molecule has 0 spiro atoms. The summed E-state index contributed by atoms with van der Waals surface area (Å²) < 4.78 is 14.9. The van der Waals surface area contributed by atoms with Crippen molar-refractivity contribution in [1.82, 2.24) is 24.4 Å². The van der Waals surface area contributed by atoms with E-state index in [0.717, 1.165) is 17.0 Å². The average molecular weight is 410 g/mol. The van der Waals surface area contributed by atoms with Crippen molar-refractivity contribution in [2.75, 3.05) is 38.0 Å². The minimum Gasteiger partial charge on any atom is -0.336 e. The lowest BCUT2D eigenvalue weighted by molar-refractivity contribution is -0.117. The number of aryl methyl sites for hydroxylation is 2. The van der Waals surface area contributed by atoms with Crippen LogP contribution in [0.4, 0.5) is 10.1 Å². The van der Waals surface area contributed by atoms with Gasteiger partial charge in [0, 0.05) is 44.1 Å². The zero-order chi connectivity index (χ0) is 21.3. The Kier molecular flexibility index (Phi) is 5.45. The molecule has 2 amide bonds. The summed E-state index contributed by atoms with van der Waals surface area (Å²) in [6.07, 6.45) is 1.60. The number of carbonyl (C=O) groups is 2. The van der Waals surface area contributed by atoms with E-state index >= 15 is 0 Å². The number of aromatic nitrogens is 3. The lowest BCUT2D eigenvalue weighted by Gasteiger charge is -2.34. The quantitative estimate of drug-likeness (QED) is 0.710. The molecule has 3 aromatic rings. The molecule has 1 aromatic carbocycles. The van der Waals surface area contributed by atoms with Gasteiger partial charge in [-0.1, -0.05) is 6.07 Å². The number of halogens is 1. The van der Waals surface area contributed by atoms with Crippen molar-refractivity contribution < 1.29 is 14.0 Å². The Morgan fingerprint density at radius 1 is 1.13 bits per heavy atom. The van der Waals surface area contributed by atoms with E-state index in [-0.39, 0.29) is 18.4 Å². The molecule has 0 unspecified atom stereocenters. The van der Waals surface area contributed by atoms with Crippen LogP contribution in [0.1, 0.15) is 21.7 Å². The third-order valence-corrected chi connectivity index (χ3v) is 5.21. The number of nitrogens with one attached hydrogen (secondary N) is 1. The first kappa shape index (κ1) is 20.0. The monoisotopic (exact) mass is 410 g/mol. The fourth-order valence-electron chi connectivity index (χ4n) is 3.62. The number of nitrogens with zero attached hydrogens (tertiary/aromatic N) is 5. The highest BCUT2D eigenvalue weighted by atomic mass is 19.1. The summed E-state index contributed by atoms with van der Waals surface area (Å²) in [5.41, 5.74) is 3.29. The molecule has 156 valence electrons. The van der Waals surface area contributed by atoms with Crippen LogP contribution < -0.4 is 5.32 Å². The summed E-state index contributed by atoms with van der Waals surface area (Å²) >= 11 is 0. The topological polar surface area (TPSA) is 82.8 Å². The van der Waals surface area contributed by atoms with Gasteiger partial charge in [-0.15, -0.1) is 0 Å². The molecule has 1 aliphatic rings. The Labute approximate surface area is 173 Å². The van der Waals surface area contributed by atoms with E-state index < -0.39 is 5.82 Å². The fourth-order valence-corrected chi connectivity index (χ4v) is 3.62. The molecule has 4 rings (SSSR count). The molecule has 3 heterocycles. The Balaban J connectivity index is 1.34. The number of anilines is 1. The number of piperazine rings is 1. The number of hydrogen-bond acceptors (Lipinski definition) is 5. The van der Waals surface area contributed by atoms with E-state index in [9.17, 15) is 14.0 Å². The van der Waals surface area contributed by atoms with Gasteiger partial charge in [-0.05, 0) is 32.0 Å². The zero-order valence-electron chi connectivity index (χ0n) is 16.9. The van der Waals surface area contributed by atoms with Crippen molar-refractivity contribution in [2.24, 2.45) is 0 Å². The average Bonchev–Trinajstić information content (AvgIpc) is 3.10. The van der Waals surface area contributed by atoms with Gasteiger partial charge >= 0.3 is 0 Å². The Morgan fingerprint density at radius 3 is 2.63 bits per heavy atom. The van der Waals surface area contributed by atoms with Crippen LogP contribution in [0.3, 0.4) is 0 Å². The molecule has 1 aliphatic heterocycles. The van der Waals surface area contributed by atoms with Crippen LogP contribution in [-0.2, 0) is 4.79 Å². The minimum absolute atomic E-state index is 0.0843. The smallest absolute Gasteiger partial charge is 0.257 e. The fraction of sp³-hybridized carbons (Fsp3) is 0.333. The van der Waals surface area contributed by atoms with Crippen molar-refractivity contribution in [1.29, 1.82) is 0 Å². The van der Waals surface area contributed by atoms with E-state index in [4.69, 9.17) is 0 Å². The molecule has 2 aromatic heterocycles. The molecule has 0 radical (unpaired) electrons. The maximum Gasteiger partial charge on any atom is 0.257 e. The summed E-state index contributed by atoms with van der Waals surface area (Å²) in [4.78, 5) is 33.3. The van der Waals surface area contributed by atoms with Gasteiger partial charge < -0.3 is 10.2 Å². The number of hydrogen-bond donors (Lipinski definition) is 1. The molecule has 1 N–H and O–H groups in total. The molecule has 1 fully saturated rings. The summed E-state index contributed by atoms with van der Waals surface area (Å²) in [7, 11) is 0. The summed E-state index contributed by atoms with van der Waals surface area (Å²) in [6.45, 7) is 6.14. The van der Waals surface area contributed by atoms with Crippen molar-refractivity contribution >= 4 is 23.1 Å². The molecule has 0 bridgehead atoms. The van der Waals surface area contributed by atoms with Crippen LogP contribution in [-0.4, -0.2) is 68.9 Å². The van der Waals surface area contributed by atoms with E-state index in [0.29, 0.717) is 37.4 Å². The van der Waals surface area contributed by atoms with Gasteiger partial charge in [0.1, 0.15) is 5.82 Å². The largest absolute Gasteiger partial charge is 0.336 e. The van der Waals surface area contributed by atoms with Gasteiger partial charge in [-0.2, -0.15) is 5.10 Å². The minimum atomic E-state index is -0.395. The van der Waals surface area contributed by atoms with Gasteiger partial charge in [0.2, 0.25) is 5.91 Å². The maximum atomic E-state index is 13.2. The summed E-state index contributed by atoms with van der Waals surface area (Å²) in [5.74, 6) is -0.688. The van der Waals surface area contributed by atoms with Gasteiger partial charge in [0.05, 0.1) is 23.5 Å². The lowest BCUT2D eigenvalue weighted by atomic mass is 10.2. The SMILES string of the molecule is Cc1cc2ncc(C(=O)N3CCN(CC(=O)Nc4cccc(F)c4)CC3)c(C)n2n1. The standard InChI is InChI=1S/C21H23FN6O2/c1-14-10-19-23-12-18(15(2)28(19)25-14)21(30)27-8-6-26(7-9-27)13-20(29)24-17-5-3-4-16(22)11-17/h3-5,10-12H,6-9,13H2,1-2H3,(H,24,29). The number of carbonyl (C=O) groups excluding carboxylic acids is 2. The van der Waals surface area contributed by atoms with E-state index in [1.165, 1.54) is 12.1 Å². The Hall–Kier alpha value is -3.33. The molecular formula is C21H23FN6O2. The summed E-state index contributed by atoms with van der Waals surface area (Å²) in [5, 5.41) is 7.09. The maximum absolute atomic E-state index is 13.2. The highest BCUT2D eigenvalue weighted by Crippen LogP contribution is 2.15. The van der Waals surface area contributed by atoms with Gasteiger partial charge in [0.25, 0.3) is 5.91 Å². The number of fused-ring (bicyclic) bond motifs is 1. The Bertz CT molecular complexity index is 1100. The molecule has 9 heteroatoms. The second-order valence-corrected chi connectivity index (χ2v) is 7.44. The molecule has 1 saturated heterocycles. The highest BCUT2D eigenvalue weighted by molar-refractivity contribution is 5.95. The van der Waals surface area contributed by atoms with Crippen LogP contribution >= 0.6 is 0 Å². The van der Waals surface area contributed by atoms with E-state index in [2.05, 4.69) is 15.4 Å². The molecule has 8 nitrogen and oxygen atoms in total. The van der Waals surface area contributed by atoms with Gasteiger partial charge in [0.15, 0.2) is 5.65 Å². The second kappa shape index (κ2) is 8.19. The normalized spacial score (nSPS) is 14.8. The third kappa shape index (κ3) is 4.16. The van der Waals surface area contributed by atoms with Crippen molar-refractivity contribution in [3.63, 3.8) is 0 Å². The summed E-state index contributed by atoms with van der Waals surface area (Å²) in [6, 6.07) is 7.67. The lowest BCUT2D eigenvalue weighted by Crippen LogP contribution is -2.50. The predicted molar refractivity (Wildman–Crippen MR) is 110 cm³/mol. The predicted octanol–water partition coefficient (Wildman–Crippen LogP) is 1.88. The van der Waals surface area contributed by atoms with E-state index in [1.54, 1.807) is 27.7 Å². The molecule has 0 aliphatic carbocycles. The molecule has 0 atom stereocenters. The number of benzene rings is 1. The number of amides is 2. The van der Waals surface area contributed by atoms with Gasteiger partial charge in [-0.3, -0.25) is 14.5 Å². The van der Waals surface area contributed by atoms with E-state index in [1.807, 2.05) is 24.8 Å². The number of rotatable bonds is 4. The first-order chi connectivity index (χ1) is 14.4. The Morgan fingerprint density at radius 2 is 1.90 bits per heavy atom. The molecule has 30 heavy (non-hydrogen) atoms. The van der Waals surface area contributed by atoms with Crippen molar-refractivity contribution in [3.05, 3.63) is 59.3 Å². The van der Waals surface area contributed by atoms with Crippen LogP contribution in [0.25, 0.3) is 5.65 Å². The van der Waals surface area contributed by atoms with Crippen LogP contribution in [0.15, 0.2) is 36.5 Å². The zero-order valence-corrected chi connectivity index (χ0v) is 16.9. The highest BCUT2D eigenvalue weighted by Gasteiger charge is 2.25. The van der Waals surface area contributed by atoms with Gasteiger partial charge in [-0.25, -0.2) is 13.9 Å². The first-order valence-electron chi connectivity index (χ1n) is 9.80. The molecule has 0 saturated carbocycles. The van der Waals surface area contributed by atoms with Crippen LogP contribution in [0.2, 0.25) is 0 Å². The van der Waals surface area contributed by atoms with Crippen LogP contribution in [0.5, 0.6) is 0 Å². The second-order valence-electron chi connectivity index (χ2n) is 7.44. The van der Waals surface area contributed by atoms with Crippen molar-refractivity contribution in [3.8, 4) is 0 Å². The third-order valence-electron chi connectivity index (χ3n) is 5.21. The van der Waals surface area contributed by atoms with Crippen molar-refractivity contribution in [2.45, 2.75) is 13.8 Å². The molecular weight excluding hydrogens is 387 g/mol.